The molecule has 10 nitrogen and oxygen atoms in total. The first-order valence-electron chi connectivity index (χ1n) is 11.7. The molecular weight excluding hydrogens is 560 g/mol. The fraction of sp³-hybridized carbons (Fsp3) is 0.240. The lowest BCUT2D eigenvalue weighted by molar-refractivity contribution is 0.0470. The van der Waals surface area contributed by atoms with Crippen LogP contribution in [0.25, 0.3) is 16.9 Å². The van der Waals surface area contributed by atoms with E-state index in [4.69, 9.17) is 16.3 Å². The fourth-order valence-corrected chi connectivity index (χ4v) is 3.84. The quantitative estimate of drug-likeness (QED) is 0.208. The number of nitrogens with zero attached hydrogens (tertiary/aromatic N) is 5. The van der Waals surface area contributed by atoms with Gasteiger partial charge in [0.25, 0.3) is 12.0 Å². The van der Waals surface area contributed by atoms with Gasteiger partial charge >= 0.3 is 5.97 Å². The molecule has 210 valence electrons. The molecule has 0 amide bonds. The van der Waals surface area contributed by atoms with Gasteiger partial charge in [0, 0.05) is 41.9 Å². The van der Waals surface area contributed by atoms with Crippen LogP contribution in [-0.4, -0.2) is 55.0 Å². The molecule has 0 saturated carbocycles. The second kappa shape index (κ2) is 12.3. The number of nitrogens with one attached hydrogen (secondary N) is 1. The molecule has 1 unspecified atom stereocenters. The number of anilines is 2. The molecule has 3 heterocycles. The van der Waals surface area contributed by atoms with Gasteiger partial charge in [-0.05, 0) is 37.3 Å². The minimum atomic E-state index is -3.32. The van der Waals surface area contributed by atoms with E-state index in [9.17, 15) is 32.3 Å². The number of aliphatic hydroxyl groups is 1. The van der Waals surface area contributed by atoms with Crippen LogP contribution in [0.1, 0.15) is 29.1 Å². The van der Waals surface area contributed by atoms with Crippen LogP contribution in [0, 0.1) is 5.82 Å². The highest BCUT2D eigenvalue weighted by Crippen LogP contribution is 2.29. The molecule has 3 aromatic heterocycles. The molecule has 4 rings (SSSR count). The fourth-order valence-electron chi connectivity index (χ4n) is 3.66. The van der Waals surface area contributed by atoms with Crippen LogP contribution in [0.15, 0.2) is 53.7 Å². The number of ether oxygens (including phenoxy) is 1. The Labute approximate surface area is 228 Å². The number of aliphatic hydroxyl groups excluding tert-OH is 1. The summed E-state index contributed by atoms with van der Waals surface area (Å²) in [6.07, 6.45) is -2.16. The van der Waals surface area contributed by atoms with Crippen molar-refractivity contribution >= 4 is 29.2 Å². The van der Waals surface area contributed by atoms with Crippen molar-refractivity contribution < 1.29 is 32.2 Å². The molecule has 0 bridgehead atoms. The third kappa shape index (κ3) is 6.13. The largest absolute Gasteiger partial charge is 0.462 e. The molecule has 0 radical (unpaired) electrons. The average molecular weight is 581 g/mol. The Bertz CT molecular complexity index is 1600. The number of benzene rings is 1. The Kier molecular flexibility index (Phi) is 8.80. The van der Waals surface area contributed by atoms with E-state index in [1.54, 1.807) is 6.92 Å². The van der Waals surface area contributed by atoms with E-state index in [0.29, 0.717) is 5.69 Å². The third-order valence-corrected chi connectivity index (χ3v) is 5.80. The Balaban J connectivity index is 1.89. The van der Waals surface area contributed by atoms with Gasteiger partial charge in [0.2, 0.25) is 12.1 Å². The van der Waals surface area contributed by atoms with Gasteiger partial charge in [-0.15, -0.1) is 0 Å². The van der Waals surface area contributed by atoms with E-state index in [1.165, 1.54) is 36.8 Å². The number of rotatable bonds is 10. The third-order valence-electron chi connectivity index (χ3n) is 5.51. The summed E-state index contributed by atoms with van der Waals surface area (Å²) in [4.78, 5) is 33.9. The highest BCUT2D eigenvalue weighted by molar-refractivity contribution is 6.31. The number of carbonyl (C=O) groups is 1. The van der Waals surface area contributed by atoms with Gasteiger partial charge in [-0.2, -0.15) is 10.1 Å². The van der Waals surface area contributed by atoms with E-state index in [-0.39, 0.29) is 46.6 Å². The van der Waals surface area contributed by atoms with Crippen LogP contribution < -0.4 is 10.9 Å². The zero-order valence-electron chi connectivity index (χ0n) is 20.7. The van der Waals surface area contributed by atoms with Crippen LogP contribution >= 0.6 is 11.6 Å². The summed E-state index contributed by atoms with van der Waals surface area (Å²) in [6.45, 7) is 0.970. The molecule has 2 N–H and O–H groups in total. The average Bonchev–Trinajstić information content (AvgIpc) is 3.42. The predicted molar refractivity (Wildman–Crippen MR) is 136 cm³/mol. The molecule has 40 heavy (non-hydrogen) atoms. The lowest BCUT2D eigenvalue weighted by atomic mass is 10.1. The molecule has 1 aromatic carbocycles. The second-order valence-electron chi connectivity index (χ2n) is 8.19. The predicted octanol–water partition coefficient (Wildman–Crippen LogP) is 4.47. The van der Waals surface area contributed by atoms with Crippen LogP contribution in [-0.2, 0) is 11.3 Å². The molecule has 0 saturated heterocycles. The summed E-state index contributed by atoms with van der Waals surface area (Å²) in [5.41, 5.74) is -0.953. The van der Waals surface area contributed by atoms with Crippen LogP contribution in [0.2, 0.25) is 5.02 Å². The van der Waals surface area contributed by atoms with E-state index in [2.05, 4.69) is 20.4 Å². The standard InChI is InChI=1S/C25H21ClF4N6O4/c1-2-40-24(39)15-9-13(12-35(7-8-37)23(15)38)16-11-31-25(32-14-3-4-18(27)17(26)10-14)33-22(16)36-6-5-19(34-36)20(28)21(29)30/h3-6,9-12,20-21,37H,2,7-8H2,1H3,(H,31,32,33). The molecule has 1 atom stereocenters. The lowest BCUT2D eigenvalue weighted by Crippen LogP contribution is -2.28. The lowest BCUT2D eigenvalue weighted by Gasteiger charge is -2.14. The van der Waals surface area contributed by atoms with E-state index in [1.807, 2.05) is 0 Å². The first-order valence-corrected chi connectivity index (χ1v) is 12.1. The van der Waals surface area contributed by atoms with Crippen LogP contribution in [0.3, 0.4) is 0 Å². The summed E-state index contributed by atoms with van der Waals surface area (Å²) in [6, 6.07) is 6.05. The van der Waals surface area contributed by atoms with Crippen molar-refractivity contribution in [3.8, 4) is 16.9 Å². The van der Waals surface area contributed by atoms with Gasteiger partial charge in [0.15, 0.2) is 5.82 Å². The number of alkyl halides is 3. The highest BCUT2D eigenvalue weighted by Gasteiger charge is 2.25. The van der Waals surface area contributed by atoms with Gasteiger partial charge in [-0.1, -0.05) is 11.6 Å². The summed E-state index contributed by atoms with van der Waals surface area (Å²) in [5.74, 6) is -1.67. The van der Waals surface area contributed by atoms with Crippen molar-refractivity contribution in [3.63, 3.8) is 0 Å². The first kappa shape index (κ1) is 28.7. The Morgan fingerprint density at radius 3 is 2.67 bits per heavy atom. The second-order valence-corrected chi connectivity index (χ2v) is 8.60. The van der Waals surface area contributed by atoms with Gasteiger partial charge in [0.1, 0.15) is 17.1 Å². The van der Waals surface area contributed by atoms with Gasteiger partial charge in [0.05, 0.1) is 18.2 Å². The smallest absolute Gasteiger partial charge is 0.343 e. The zero-order valence-corrected chi connectivity index (χ0v) is 21.4. The van der Waals surface area contributed by atoms with Crippen molar-refractivity contribution in [2.75, 3.05) is 18.5 Å². The van der Waals surface area contributed by atoms with Crippen LogP contribution in [0.5, 0.6) is 0 Å². The van der Waals surface area contributed by atoms with Crippen molar-refractivity contribution in [1.29, 1.82) is 0 Å². The summed E-state index contributed by atoms with van der Waals surface area (Å²) < 4.78 is 60.6. The normalized spacial score (nSPS) is 12.0. The summed E-state index contributed by atoms with van der Waals surface area (Å²) >= 11 is 5.84. The maximum absolute atomic E-state index is 14.0. The topological polar surface area (TPSA) is 124 Å². The molecule has 0 aliphatic rings. The van der Waals surface area contributed by atoms with Gasteiger partial charge in [-0.25, -0.2) is 32.0 Å². The number of halogens is 5. The SMILES string of the molecule is CCOC(=O)c1cc(-c2cnc(Nc3ccc(F)c(Cl)c3)nc2-n2ccc(C(F)C(F)F)n2)cn(CCO)c1=O. The minimum Gasteiger partial charge on any atom is -0.462 e. The maximum Gasteiger partial charge on any atom is 0.343 e. The van der Waals surface area contributed by atoms with Crippen molar-refractivity contribution in [2.24, 2.45) is 0 Å². The first-order chi connectivity index (χ1) is 19.1. The summed E-state index contributed by atoms with van der Waals surface area (Å²) in [5, 5.41) is 16.0. The highest BCUT2D eigenvalue weighted by atomic mass is 35.5. The molecule has 4 aromatic rings. The Morgan fingerprint density at radius 2 is 2.00 bits per heavy atom. The monoisotopic (exact) mass is 580 g/mol. The Hall–Kier alpha value is -4.30. The van der Waals surface area contributed by atoms with E-state index >= 15 is 0 Å². The number of aromatic nitrogens is 5. The van der Waals surface area contributed by atoms with Gasteiger partial charge in [-0.3, -0.25) is 4.79 Å². The van der Waals surface area contributed by atoms with Crippen molar-refractivity contribution in [2.45, 2.75) is 26.1 Å². The Morgan fingerprint density at radius 1 is 1.23 bits per heavy atom. The molecule has 0 fully saturated rings. The van der Waals surface area contributed by atoms with E-state index in [0.717, 1.165) is 21.4 Å². The van der Waals surface area contributed by atoms with Gasteiger partial charge < -0.3 is 19.7 Å². The maximum atomic E-state index is 14.0. The summed E-state index contributed by atoms with van der Waals surface area (Å²) in [7, 11) is 0. The number of carbonyl (C=O) groups excluding carboxylic acids is 1. The zero-order chi connectivity index (χ0) is 29.0. The number of hydrogen-bond acceptors (Lipinski definition) is 8. The number of esters is 1. The molecule has 0 aliphatic heterocycles. The molecular formula is C25H21ClF4N6O4. The molecule has 0 aliphatic carbocycles. The molecule has 15 heteroatoms. The van der Waals surface area contributed by atoms with Crippen molar-refractivity contribution in [3.05, 3.63) is 81.4 Å². The van der Waals surface area contributed by atoms with E-state index < -0.39 is 42.2 Å². The van der Waals surface area contributed by atoms with Crippen LogP contribution in [0.4, 0.5) is 29.2 Å². The van der Waals surface area contributed by atoms with Crippen molar-refractivity contribution in [1.82, 2.24) is 24.3 Å². The minimum absolute atomic E-state index is 0.00473. The number of hydrogen-bond donors (Lipinski definition) is 2. The number of pyridine rings is 1. The molecule has 0 spiro atoms.